The van der Waals surface area contributed by atoms with Crippen molar-refractivity contribution in [2.45, 2.75) is 32.9 Å². The Labute approximate surface area is 120 Å². The van der Waals surface area contributed by atoms with Crippen LogP contribution in [0, 0.1) is 0 Å². The van der Waals surface area contributed by atoms with Crippen LogP contribution in [0.25, 0.3) is 0 Å². The highest BCUT2D eigenvalue weighted by Crippen LogP contribution is 2.11. The molecule has 0 aliphatic rings. The van der Waals surface area contributed by atoms with Crippen LogP contribution in [0.15, 0.2) is 31.0 Å². The Bertz CT molecular complexity index is 418. The number of aromatic nitrogens is 1. The minimum absolute atomic E-state index is 0.168. The number of nitrogens with one attached hydrogen (secondary N) is 2. The Kier molecular flexibility index (Phi) is 7.35. The Balaban J connectivity index is 2.43. The number of carbonyl (C=O) groups excluding carboxylic acids is 1. The molecule has 0 bridgehead atoms. The molecule has 2 N–H and O–H groups in total. The van der Waals surface area contributed by atoms with Gasteiger partial charge in [0.2, 0.25) is 0 Å². The first kappa shape index (κ1) is 16.2. The van der Waals surface area contributed by atoms with Crippen molar-refractivity contribution in [1.29, 1.82) is 0 Å². The maximum absolute atomic E-state index is 11.6. The van der Waals surface area contributed by atoms with Crippen molar-refractivity contribution in [3.05, 3.63) is 36.7 Å². The van der Waals surface area contributed by atoms with E-state index in [9.17, 15) is 4.79 Å². The monoisotopic (exact) mass is 277 g/mol. The molecular formula is C15H23N3O2. The van der Waals surface area contributed by atoms with E-state index in [-0.39, 0.29) is 5.91 Å². The third kappa shape index (κ3) is 5.84. The third-order valence-corrected chi connectivity index (χ3v) is 2.63. The second-order valence-electron chi connectivity index (χ2n) is 4.46. The predicted molar refractivity (Wildman–Crippen MR) is 79.5 cm³/mol. The summed E-state index contributed by atoms with van der Waals surface area (Å²) in [6.07, 6.45) is 3.81. The Hall–Kier alpha value is -1.88. The maximum Gasteiger partial charge on any atom is 0.261 e. The molecule has 1 heterocycles. The zero-order valence-corrected chi connectivity index (χ0v) is 12.2. The lowest BCUT2D eigenvalue weighted by molar-refractivity contribution is -0.127. The summed E-state index contributed by atoms with van der Waals surface area (Å²) in [6, 6.07) is 3.72. The average molecular weight is 277 g/mol. The Morgan fingerprint density at radius 2 is 2.35 bits per heavy atom. The second kappa shape index (κ2) is 9.09. The molecule has 1 amide bonds. The van der Waals surface area contributed by atoms with E-state index in [1.54, 1.807) is 19.2 Å². The highest BCUT2D eigenvalue weighted by molar-refractivity contribution is 5.80. The predicted octanol–water partition coefficient (Wildman–Crippen LogP) is 1.65. The van der Waals surface area contributed by atoms with Gasteiger partial charge in [0.1, 0.15) is 5.75 Å². The van der Waals surface area contributed by atoms with Crippen molar-refractivity contribution in [3.8, 4) is 5.75 Å². The van der Waals surface area contributed by atoms with E-state index in [4.69, 9.17) is 4.74 Å². The lowest BCUT2D eigenvalue weighted by Gasteiger charge is -2.14. The summed E-state index contributed by atoms with van der Waals surface area (Å²) in [6.45, 7) is 9.52. The first-order valence-electron chi connectivity index (χ1n) is 6.88. The number of carbonyl (C=O) groups is 1. The summed E-state index contributed by atoms with van der Waals surface area (Å²) in [5.74, 6) is 0.420. The molecule has 0 aromatic carbocycles. The van der Waals surface area contributed by atoms with Crippen molar-refractivity contribution in [2.24, 2.45) is 0 Å². The van der Waals surface area contributed by atoms with Crippen molar-refractivity contribution >= 4 is 5.91 Å². The van der Waals surface area contributed by atoms with Gasteiger partial charge in [-0.2, -0.15) is 0 Å². The molecule has 20 heavy (non-hydrogen) atoms. The van der Waals surface area contributed by atoms with Crippen LogP contribution in [0.2, 0.25) is 0 Å². The minimum Gasteiger partial charge on any atom is -0.479 e. The van der Waals surface area contributed by atoms with Gasteiger partial charge in [-0.3, -0.25) is 9.78 Å². The quantitative estimate of drug-likeness (QED) is 0.532. The van der Waals surface area contributed by atoms with E-state index >= 15 is 0 Å². The van der Waals surface area contributed by atoms with E-state index in [0.717, 1.165) is 25.2 Å². The van der Waals surface area contributed by atoms with Crippen LogP contribution in [0.5, 0.6) is 5.75 Å². The van der Waals surface area contributed by atoms with Crippen LogP contribution < -0.4 is 15.4 Å². The van der Waals surface area contributed by atoms with Gasteiger partial charge >= 0.3 is 0 Å². The molecule has 1 aromatic rings. The normalized spacial score (nSPS) is 11.7. The van der Waals surface area contributed by atoms with Gasteiger partial charge in [-0.1, -0.05) is 13.0 Å². The molecule has 0 spiro atoms. The topological polar surface area (TPSA) is 63.2 Å². The first-order valence-corrected chi connectivity index (χ1v) is 6.88. The van der Waals surface area contributed by atoms with Gasteiger partial charge in [-0.05, 0) is 32.0 Å². The number of ether oxygens (including phenoxy) is 1. The standard InChI is InChI=1S/C15H23N3O2/c1-4-8-16-10-13-6-7-14(11-18-13)20-12(3)15(19)17-9-5-2/h5-7,11-12,16H,2,4,8-10H2,1,3H3,(H,17,19). The molecule has 0 radical (unpaired) electrons. The molecular weight excluding hydrogens is 254 g/mol. The van der Waals surface area contributed by atoms with Crippen molar-refractivity contribution in [1.82, 2.24) is 15.6 Å². The summed E-state index contributed by atoms with van der Waals surface area (Å²) >= 11 is 0. The van der Waals surface area contributed by atoms with Crippen LogP contribution in [0.1, 0.15) is 26.0 Å². The smallest absolute Gasteiger partial charge is 0.261 e. The molecule has 1 unspecified atom stereocenters. The number of hydrogen-bond donors (Lipinski definition) is 2. The lowest BCUT2D eigenvalue weighted by atomic mass is 10.3. The SMILES string of the molecule is C=CCNC(=O)C(C)Oc1ccc(CNCCC)nc1. The molecule has 110 valence electrons. The van der Waals surface area contributed by atoms with Crippen molar-refractivity contribution in [2.75, 3.05) is 13.1 Å². The van der Waals surface area contributed by atoms with Crippen LogP contribution in [0.4, 0.5) is 0 Å². The van der Waals surface area contributed by atoms with Gasteiger partial charge in [-0.15, -0.1) is 6.58 Å². The molecule has 5 nitrogen and oxygen atoms in total. The maximum atomic E-state index is 11.6. The Morgan fingerprint density at radius 3 is 2.95 bits per heavy atom. The fourth-order valence-corrected chi connectivity index (χ4v) is 1.55. The van der Waals surface area contributed by atoms with Gasteiger partial charge in [0.25, 0.3) is 5.91 Å². The van der Waals surface area contributed by atoms with Crippen molar-refractivity contribution < 1.29 is 9.53 Å². The Morgan fingerprint density at radius 1 is 1.55 bits per heavy atom. The van der Waals surface area contributed by atoms with E-state index in [0.29, 0.717) is 12.3 Å². The van der Waals surface area contributed by atoms with E-state index < -0.39 is 6.10 Å². The van der Waals surface area contributed by atoms with Crippen LogP contribution in [-0.2, 0) is 11.3 Å². The highest BCUT2D eigenvalue weighted by atomic mass is 16.5. The summed E-state index contributed by atoms with van der Waals surface area (Å²) in [5, 5.41) is 5.96. The summed E-state index contributed by atoms with van der Waals surface area (Å²) in [5.41, 5.74) is 0.953. The van der Waals surface area contributed by atoms with Crippen LogP contribution in [-0.4, -0.2) is 30.1 Å². The number of nitrogens with zero attached hydrogens (tertiary/aromatic N) is 1. The summed E-state index contributed by atoms with van der Waals surface area (Å²) in [4.78, 5) is 15.9. The molecule has 0 aliphatic heterocycles. The first-order chi connectivity index (χ1) is 9.67. The molecule has 0 fully saturated rings. The number of hydrogen-bond acceptors (Lipinski definition) is 4. The van der Waals surface area contributed by atoms with E-state index in [1.807, 2.05) is 12.1 Å². The molecule has 1 aromatic heterocycles. The largest absolute Gasteiger partial charge is 0.479 e. The van der Waals surface area contributed by atoms with Gasteiger partial charge in [-0.25, -0.2) is 0 Å². The van der Waals surface area contributed by atoms with Crippen LogP contribution >= 0.6 is 0 Å². The molecule has 1 rings (SSSR count). The second-order valence-corrected chi connectivity index (χ2v) is 4.46. The average Bonchev–Trinajstić information content (AvgIpc) is 2.46. The zero-order chi connectivity index (χ0) is 14.8. The summed E-state index contributed by atoms with van der Waals surface area (Å²) < 4.78 is 5.52. The van der Waals surface area contributed by atoms with Gasteiger partial charge in [0, 0.05) is 13.1 Å². The molecule has 1 atom stereocenters. The van der Waals surface area contributed by atoms with Crippen molar-refractivity contribution in [3.63, 3.8) is 0 Å². The molecule has 0 saturated carbocycles. The fourth-order valence-electron chi connectivity index (χ4n) is 1.55. The van der Waals surface area contributed by atoms with Gasteiger partial charge in [0.05, 0.1) is 11.9 Å². The highest BCUT2D eigenvalue weighted by Gasteiger charge is 2.13. The lowest BCUT2D eigenvalue weighted by Crippen LogP contribution is -2.36. The molecule has 0 saturated heterocycles. The number of pyridine rings is 1. The van der Waals surface area contributed by atoms with Gasteiger partial charge in [0.15, 0.2) is 6.10 Å². The zero-order valence-electron chi connectivity index (χ0n) is 12.2. The number of amides is 1. The van der Waals surface area contributed by atoms with Crippen LogP contribution in [0.3, 0.4) is 0 Å². The minimum atomic E-state index is -0.555. The third-order valence-electron chi connectivity index (χ3n) is 2.63. The summed E-state index contributed by atoms with van der Waals surface area (Å²) in [7, 11) is 0. The molecule has 0 aliphatic carbocycles. The molecule has 5 heteroatoms. The van der Waals surface area contributed by atoms with E-state index in [2.05, 4.69) is 29.1 Å². The van der Waals surface area contributed by atoms with Gasteiger partial charge < -0.3 is 15.4 Å². The van der Waals surface area contributed by atoms with E-state index in [1.165, 1.54) is 0 Å². The number of rotatable bonds is 9. The fraction of sp³-hybridized carbons (Fsp3) is 0.467.